The lowest BCUT2D eigenvalue weighted by molar-refractivity contribution is -0.384. The van der Waals surface area contributed by atoms with E-state index in [9.17, 15) is 14.9 Å². The van der Waals surface area contributed by atoms with Gasteiger partial charge in [-0.1, -0.05) is 23.5 Å². The molecule has 0 saturated carbocycles. The molecule has 1 amide bonds. The molecule has 0 aliphatic carbocycles. The van der Waals surface area contributed by atoms with E-state index in [0.29, 0.717) is 18.2 Å². The van der Waals surface area contributed by atoms with Gasteiger partial charge in [-0.05, 0) is 50.0 Å². The molecule has 3 aromatic rings. The highest BCUT2D eigenvalue weighted by atomic mass is 35.5. The molecular formula is C20H21ClN4O3S. The number of nitro groups is 1. The van der Waals surface area contributed by atoms with Gasteiger partial charge in [-0.25, -0.2) is 4.98 Å². The molecule has 29 heavy (non-hydrogen) atoms. The SMILES string of the molecule is CN(C)CCN(C(=O)C=Cc1ccc([N+](=O)[O-])cc1)c1nc2ccccc2s1.Cl. The summed E-state index contributed by atoms with van der Waals surface area (Å²) >= 11 is 1.48. The van der Waals surface area contributed by atoms with Crippen LogP contribution >= 0.6 is 23.7 Å². The highest BCUT2D eigenvalue weighted by Gasteiger charge is 2.18. The van der Waals surface area contributed by atoms with Crippen molar-refractivity contribution in [3.05, 3.63) is 70.3 Å². The van der Waals surface area contributed by atoms with E-state index in [2.05, 4.69) is 4.98 Å². The molecule has 3 rings (SSSR count). The van der Waals surface area contributed by atoms with E-state index in [1.165, 1.54) is 29.5 Å². The third kappa shape index (κ3) is 5.83. The van der Waals surface area contributed by atoms with Crippen molar-refractivity contribution in [3.8, 4) is 0 Å². The lowest BCUT2D eigenvalue weighted by atomic mass is 10.2. The number of para-hydroxylation sites is 1. The first-order valence-corrected chi connectivity index (χ1v) is 9.50. The minimum absolute atomic E-state index is 0. The predicted octanol–water partition coefficient (Wildman–Crippen LogP) is 4.23. The van der Waals surface area contributed by atoms with E-state index in [0.717, 1.165) is 15.8 Å². The summed E-state index contributed by atoms with van der Waals surface area (Å²) in [5.41, 5.74) is 1.60. The molecule has 2 aromatic carbocycles. The third-order valence-electron chi connectivity index (χ3n) is 4.07. The van der Waals surface area contributed by atoms with Crippen LogP contribution in [0.1, 0.15) is 5.56 Å². The number of carbonyl (C=O) groups is 1. The summed E-state index contributed by atoms with van der Waals surface area (Å²) in [6.07, 6.45) is 3.13. The molecule has 1 aromatic heterocycles. The van der Waals surface area contributed by atoms with Crippen LogP contribution in [0.5, 0.6) is 0 Å². The summed E-state index contributed by atoms with van der Waals surface area (Å²) in [6.45, 7) is 1.21. The Morgan fingerprint density at radius 3 is 2.45 bits per heavy atom. The number of carbonyl (C=O) groups excluding carboxylic acids is 1. The number of amides is 1. The fourth-order valence-electron chi connectivity index (χ4n) is 2.54. The number of nitrogens with zero attached hydrogens (tertiary/aromatic N) is 4. The second-order valence-electron chi connectivity index (χ2n) is 6.44. The summed E-state index contributed by atoms with van der Waals surface area (Å²) < 4.78 is 1.03. The Bertz CT molecular complexity index is 985. The zero-order chi connectivity index (χ0) is 20.1. The Morgan fingerprint density at radius 1 is 1.14 bits per heavy atom. The Labute approximate surface area is 178 Å². The molecule has 0 spiro atoms. The van der Waals surface area contributed by atoms with Gasteiger partial charge in [0, 0.05) is 31.3 Å². The van der Waals surface area contributed by atoms with E-state index in [4.69, 9.17) is 0 Å². The summed E-state index contributed by atoms with van der Waals surface area (Å²) in [4.78, 5) is 31.4. The van der Waals surface area contributed by atoms with Gasteiger partial charge in [0.05, 0.1) is 15.1 Å². The topological polar surface area (TPSA) is 79.6 Å². The van der Waals surface area contributed by atoms with Crippen molar-refractivity contribution in [2.45, 2.75) is 0 Å². The van der Waals surface area contributed by atoms with Crippen molar-refractivity contribution < 1.29 is 9.72 Å². The van der Waals surface area contributed by atoms with E-state index < -0.39 is 4.92 Å². The molecule has 0 atom stereocenters. The van der Waals surface area contributed by atoms with Gasteiger partial charge >= 0.3 is 0 Å². The highest BCUT2D eigenvalue weighted by Crippen LogP contribution is 2.28. The molecule has 0 saturated heterocycles. The van der Waals surface area contributed by atoms with Crippen molar-refractivity contribution >= 4 is 56.8 Å². The molecule has 0 aliphatic heterocycles. The van der Waals surface area contributed by atoms with Crippen LogP contribution in [-0.4, -0.2) is 47.9 Å². The van der Waals surface area contributed by atoms with Crippen molar-refractivity contribution in [1.29, 1.82) is 0 Å². The number of nitro benzene ring substituents is 1. The summed E-state index contributed by atoms with van der Waals surface area (Å²) in [5, 5.41) is 11.4. The van der Waals surface area contributed by atoms with Crippen molar-refractivity contribution in [2.24, 2.45) is 0 Å². The summed E-state index contributed by atoms with van der Waals surface area (Å²) in [5.74, 6) is -0.181. The maximum absolute atomic E-state index is 12.9. The van der Waals surface area contributed by atoms with Crippen LogP contribution in [0, 0.1) is 10.1 Å². The van der Waals surface area contributed by atoms with Crippen molar-refractivity contribution in [2.75, 3.05) is 32.1 Å². The zero-order valence-corrected chi connectivity index (χ0v) is 17.7. The number of thiazole rings is 1. The van der Waals surface area contributed by atoms with E-state index in [-0.39, 0.29) is 24.0 Å². The van der Waals surface area contributed by atoms with Gasteiger partial charge in [-0.3, -0.25) is 19.8 Å². The van der Waals surface area contributed by atoms with Gasteiger partial charge in [0.25, 0.3) is 11.6 Å². The Kier molecular flexibility index (Phi) is 7.83. The van der Waals surface area contributed by atoms with Crippen molar-refractivity contribution in [1.82, 2.24) is 9.88 Å². The average molecular weight is 433 g/mol. The maximum atomic E-state index is 12.9. The number of hydrogen-bond donors (Lipinski definition) is 0. The predicted molar refractivity (Wildman–Crippen MR) is 120 cm³/mol. The van der Waals surface area contributed by atoms with E-state index >= 15 is 0 Å². The van der Waals surface area contributed by atoms with Crippen LogP contribution in [0.2, 0.25) is 0 Å². The molecule has 152 valence electrons. The molecular weight excluding hydrogens is 412 g/mol. The first-order chi connectivity index (χ1) is 13.4. The molecule has 0 unspecified atom stereocenters. The zero-order valence-electron chi connectivity index (χ0n) is 16.0. The quantitative estimate of drug-likeness (QED) is 0.317. The smallest absolute Gasteiger partial charge is 0.269 e. The lowest BCUT2D eigenvalue weighted by Crippen LogP contribution is -2.35. The summed E-state index contributed by atoms with van der Waals surface area (Å²) in [6, 6.07) is 13.8. The van der Waals surface area contributed by atoms with Gasteiger partial charge < -0.3 is 4.90 Å². The van der Waals surface area contributed by atoms with Crippen LogP contribution in [0.15, 0.2) is 54.6 Å². The van der Waals surface area contributed by atoms with Gasteiger partial charge in [0.15, 0.2) is 5.13 Å². The number of anilines is 1. The monoisotopic (exact) mass is 432 g/mol. The Morgan fingerprint density at radius 2 is 1.83 bits per heavy atom. The van der Waals surface area contributed by atoms with Gasteiger partial charge in [-0.15, -0.1) is 12.4 Å². The van der Waals surface area contributed by atoms with Gasteiger partial charge in [-0.2, -0.15) is 0 Å². The number of hydrogen-bond acceptors (Lipinski definition) is 6. The first kappa shape index (κ1) is 22.5. The fraction of sp³-hybridized carbons (Fsp3) is 0.200. The number of benzene rings is 2. The normalized spacial score (nSPS) is 11.0. The van der Waals surface area contributed by atoms with E-state index in [1.807, 2.05) is 43.3 Å². The van der Waals surface area contributed by atoms with Crippen LogP contribution < -0.4 is 4.90 Å². The maximum Gasteiger partial charge on any atom is 0.269 e. The standard InChI is InChI=1S/C20H20N4O3S.ClH/c1-22(2)13-14-23(20-21-17-5-3-4-6-18(17)28-20)19(25)12-9-15-7-10-16(11-8-15)24(26)27;/h3-12H,13-14H2,1-2H3;1H. The average Bonchev–Trinajstić information content (AvgIpc) is 3.10. The molecule has 0 aliphatic rings. The molecule has 0 bridgehead atoms. The van der Waals surface area contributed by atoms with Crippen LogP contribution in [0.3, 0.4) is 0 Å². The Balaban J connectivity index is 0.00000300. The molecule has 0 N–H and O–H groups in total. The molecule has 0 radical (unpaired) electrons. The number of aromatic nitrogens is 1. The Hall–Kier alpha value is -2.81. The third-order valence-corrected chi connectivity index (χ3v) is 5.13. The number of non-ortho nitro benzene ring substituents is 1. The summed E-state index contributed by atoms with van der Waals surface area (Å²) in [7, 11) is 3.90. The van der Waals surface area contributed by atoms with Crippen molar-refractivity contribution in [3.63, 3.8) is 0 Å². The minimum Gasteiger partial charge on any atom is -0.308 e. The molecule has 1 heterocycles. The number of fused-ring (bicyclic) bond motifs is 1. The molecule has 9 heteroatoms. The number of rotatable bonds is 7. The van der Waals surface area contributed by atoms with E-state index in [1.54, 1.807) is 23.1 Å². The number of halogens is 1. The fourth-order valence-corrected chi connectivity index (χ4v) is 3.54. The largest absolute Gasteiger partial charge is 0.308 e. The molecule has 7 nitrogen and oxygen atoms in total. The minimum atomic E-state index is -0.450. The van der Waals surface area contributed by atoms with Crippen LogP contribution in [-0.2, 0) is 4.79 Å². The van der Waals surface area contributed by atoms with Crippen LogP contribution in [0.4, 0.5) is 10.8 Å². The molecule has 0 fully saturated rings. The second-order valence-corrected chi connectivity index (χ2v) is 7.45. The van der Waals surface area contributed by atoms with Gasteiger partial charge in [0.2, 0.25) is 0 Å². The van der Waals surface area contributed by atoms with Crippen LogP contribution in [0.25, 0.3) is 16.3 Å². The lowest BCUT2D eigenvalue weighted by Gasteiger charge is -2.20. The van der Waals surface area contributed by atoms with Gasteiger partial charge in [0.1, 0.15) is 0 Å². The first-order valence-electron chi connectivity index (χ1n) is 8.68. The second kappa shape index (κ2) is 10.1. The highest BCUT2D eigenvalue weighted by molar-refractivity contribution is 7.22. The number of likely N-dealkylation sites (N-methyl/N-ethyl adjacent to an activating group) is 1.